The van der Waals surface area contributed by atoms with E-state index in [1.165, 1.54) is 18.4 Å². The van der Waals surface area contributed by atoms with Crippen LogP contribution in [-0.2, 0) is 4.74 Å². The van der Waals surface area contributed by atoms with Gasteiger partial charge in [0.2, 0.25) is 0 Å². The van der Waals surface area contributed by atoms with Crippen molar-refractivity contribution in [1.29, 1.82) is 0 Å². The van der Waals surface area contributed by atoms with Gasteiger partial charge in [0.1, 0.15) is 6.10 Å². The van der Waals surface area contributed by atoms with E-state index in [9.17, 15) is 5.11 Å². The molecule has 2 heterocycles. The van der Waals surface area contributed by atoms with Crippen LogP contribution in [0.4, 0.5) is 0 Å². The molecule has 0 aromatic carbocycles. The monoisotopic (exact) mass is 281 g/mol. The molecule has 0 amide bonds. The molecule has 1 aliphatic carbocycles. The fraction of sp³-hybridized carbons (Fsp3) is 0.733. The summed E-state index contributed by atoms with van der Waals surface area (Å²) in [5.74, 6) is 0. The SMILES string of the molecule is Cc1ccsc1C(O)C1(N2CCOCC2)CCCC1. The number of rotatable bonds is 3. The first kappa shape index (κ1) is 13.6. The van der Waals surface area contributed by atoms with Gasteiger partial charge in [0.05, 0.1) is 18.8 Å². The second kappa shape index (κ2) is 5.52. The molecule has 1 unspecified atom stereocenters. The maximum Gasteiger partial charge on any atom is 0.107 e. The molecule has 0 radical (unpaired) electrons. The Morgan fingerprint density at radius 3 is 2.58 bits per heavy atom. The van der Waals surface area contributed by atoms with Crippen molar-refractivity contribution in [2.24, 2.45) is 0 Å². The van der Waals surface area contributed by atoms with Crippen LogP contribution in [0.5, 0.6) is 0 Å². The van der Waals surface area contributed by atoms with Crippen LogP contribution < -0.4 is 0 Å². The Labute approximate surface area is 119 Å². The number of aliphatic hydroxyl groups is 1. The van der Waals surface area contributed by atoms with E-state index in [0.717, 1.165) is 44.0 Å². The first-order valence-electron chi connectivity index (χ1n) is 7.29. The molecule has 106 valence electrons. The predicted molar refractivity (Wildman–Crippen MR) is 77.6 cm³/mol. The summed E-state index contributed by atoms with van der Waals surface area (Å²) in [6.07, 6.45) is 4.36. The van der Waals surface area contributed by atoms with Gasteiger partial charge in [-0.1, -0.05) is 12.8 Å². The van der Waals surface area contributed by atoms with Crippen LogP contribution in [0.3, 0.4) is 0 Å². The normalized spacial score (nSPS) is 25.6. The molecular weight excluding hydrogens is 258 g/mol. The summed E-state index contributed by atoms with van der Waals surface area (Å²) in [7, 11) is 0. The minimum absolute atomic E-state index is 0.0423. The number of ether oxygens (including phenoxy) is 1. The number of aryl methyl sites for hydroxylation is 1. The molecule has 4 heteroatoms. The number of aliphatic hydroxyl groups excluding tert-OH is 1. The second-order valence-corrected chi connectivity index (χ2v) is 6.73. The van der Waals surface area contributed by atoms with Crippen molar-refractivity contribution < 1.29 is 9.84 Å². The number of hydrogen-bond acceptors (Lipinski definition) is 4. The summed E-state index contributed by atoms with van der Waals surface area (Å²) in [6, 6.07) is 2.12. The van der Waals surface area contributed by atoms with E-state index >= 15 is 0 Å². The zero-order valence-electron chi connectivity index (χ0n) is 11.6. The standard InChI is InChI=1S/C15H23NO2S/c1-12-4-11-19-13(12)14(17)15(5-2-3-6-15)16-7-9-18-10-8-16/h4,11,14,17H,2-3,5-10H2,1H3. The summed E-state index contributed by atoms with van der Waals surface area (Å²) in [5, 5.41) is 13.1. The largest absolute Gasteiger partial charge is 0.386 e. The third-order valence-electron chi connectivity index (χ3n) is 4.77. The maximum absolute atomic E-state index is 11.0. The number of thiophene rings is 1. The van der Waals surface area contributed by atoms with Crippen molar-refractivity contribution in [1.82, 2.24) is 4.90 Å². The van der Waals surface area contributed by atoms with E-state index < -0.39 is 0 Å². The Balaban J connectivity index is 1.89. The fourth-order valence-electron chi connectivity index (χ4n) is 3.67. The van der Waals surface area contributed by atoms with Gasteiger partial charge in [0.25, 0.3) is 0 Å². The quantitative estimate of drug-likeness (QED) is 0.924. The van der Waals surface area contributed by atoms with Gasteiger partial charge >= 0.3 is 0 Å². The van der Waals surface area contributed by atoms with E-state index in [4.69, 9.17) is 4.74 Å². The van der Waals surface area contributed by atoms with Crippen molar-refractivity contribution in [3.63, 3.8) is 0 Å². The van der Waals surface area contributed by atoms with Gasteiger partial charge in [0.15, 0.2) is 0 Å². The first-order chi connectivity index (χ1) is 9.24. The number of morpholine rings is 1. The number of hydrogen-bond donors (Lipinski definition) is 1. The molecule has 1 aliphatic heterocycles. The predicted octanol–water partition coefficient (Wildman–Crippen LogP) is 2.73. The summed E-state index contributed by atoms with van der Waals surface area (Å²) in [5.41, 5.74) is 1.19. The van der Waals surface area contributed by atoms with Crippen molar-refractivity contribution in [2.75, 3.05) is 26.3 Å². The highest BCUT2D eigenvalue weighted by Crippen LogP contribution is 2.46. The van der Waals surface area contributed by atoms with Crippen molar-refractivity contribution in [3.05, 3.63) is 21.9 Å². The Morgan fingerprint density at radius 2 is 2.00 bits per heavy atom. The molecule has 3 rings (SSSR count). The summed E-state index contributed by atoms with van der Waals surface area (Å²) in [4.78, 5) is 3.65. The van der Waals surface area contributed by atoms with E-state index in [-0.39, 0.29) is 11.6 Å². The summed E-state index contributed by atoms with van der Waals surface area (Å²) < 4.78 is 5.48. The van der Waals surface area contributed by atoms with Crippen molar-refractivity contribution >= 4 is 11.3 Å². The van der Waals surface area contributed by atoms with Gasteiger partial charge in [-0.05, 0) is 36.8 Å². The van der Waals surface area contributed by atoms with Crippen LogP contribution >= 0.6 is 11.3 Å². The number of nitrogens with zero attached hydrogens (tertiary/aromatic N) is 1. The average molecular weight is 281 g/mol. The smallest absolute Gasteiger partial charge is 0.107 e. The van der Waals surface area contributed by atoms with Gasteiger partial charge in [0, 0.05) is 18.0 Å². The third-order valence-corrected chi connectivity index (χ3v) is 5.84. The van der Waals surface area contributed by atoms with Gasteiger partial charge < -0.3 is 9.84 Å². The van der Waals surface area contributed by atoms with E-state index in [2.05, 4.69) is 23.3 Å². The van der Waals surface area contributed by atoms with E-state index in [1.807, 2.05) is 0 Å². The Hall–Kier alpha value is -0.420. The van der Waals surface area contributed by atoms with Crippen LogP contribution in [0.1, 0.15) is 42.2 Å². The van der Waals surface area contributed by atoms with Crippen molar-refractivity contribution in [3.8, 4) is 0 Å². The minimum Gasteiger partial charge on any atom is -0.386 e. The van der Waals surface area contributed by atoms with Crippen LogP contribution in [0.2, 0.25) is 0 Å². The highest BCUT2D eigenvalue weighted by Gasteiger charge is 2.47. The molecule has 0 spiro atoms. The Kier molecular flexibility index (Phi) is 3.94. The van der Waals surface area contributed by atoms with Crippen LogP contribution in [0.15, 0.2) is 11.4 Å². The van der Waals surface area contributed by atoms with Crippen LogP contribution in [0.25, 0.3) is 0 Å². The minimum atomic E-state index is -0.340. The lowest BCUT2D eigenvalue weighted by atomic mass is 9.86. The molecular formula is C15H23NO2S. The zero-order chi connectivity index (χ0) is 13.3. The molecule has 19 heavy (non-hydrogen) atoms. The topological polar surface area (TPSA) is 32.7 Å². The Bertz CT molecular complexity index is 420. The van der Waals surface area contributed by atoms with Gasteiger partial charge in [-0.15, -0.1) is 11.3 Å². The van der Waals surface area contributed by atoms with Gasteiger partial charge in [-0.2, -0.15) is 0 Å². The van der Waals surface area contributed by atoms with Gasteiger partial charge in [-0.25, -0.2) is 0 Å². The molecule has 0 bridgehead atoms. The highest BCUT2D eigenvalue weighted by atomic mass is 32.1. The molecule has 3 nitrogen and oxygen atoms in total. The molecule has 1 saturated heterocycles. The molecule has 1 aromatic heterocycles. The lowest BCUT2D eigenvalue weighted by Crippen LogP contribution is -2.55. The molecule has 1 N–H and O–H groups in total. The average Bonchev–Trinajstić information content (AvgIpc) is 3.08. The molecule has 1 atom stereocenters. The molecule has 2 aliphatic rings. The first-order valence-corrected chi connectivity index (χ1v) is 8.17. The van der Waals surface area contributed by atoms with Crippen molar-refractivity contribution in [2.45, 2.75) is 44.2 Å². The fourth-order valence-corrected chi connectivity index (χ4v) is 4.69. The molecule has 1 aromatic rings. The molecule has 1 saturated carbocycles. The highest BCUT2D eigenvalue weighted by molar-refractivity contribution is 7.10. The summed E-state index contributed by atoms with van der Waals surface area (Å²) >= 11 is 1.70. The van der Waals surface area contributed by atoms with Gasteiger partial charge in [-0.3, -0.25) is 4.90 Å². The Morgan fingerprint density at radius 1 is 1.32 bits per heavy atom. The van der Waals surface area contributed by atoms with E-state index in [0.29, 0.717) is 0 Å². The molecule has 2 fully saturated rings. The maximum atomic E-state index is 11.0. The summed E-state index contributed by atoms with van der Waals surface area (Å²) in [6.45, 7) is 5.63. The van der Waals surface area contributed by atoms with E-state index in [1.54, 1.807) is 11.3 Å². The lowest BCUT2D eigenvalue weighted by molar-refractivity contribution is -0.0765. The lowest BCUT2D eigenvalue weighted by Gasteiger charge is -2.46. The zero-order valence-corrected chi connectivity index (χ0v) is 12.4. The van der Waals surface area contributed by atoms with Crippen LogP contribution in [-0.4, -0.2) is 41.8 Å². The third kappa shape index (κ3) is 2.35. The van der Waals surface area contributed by atoms with Crippen LogP contribution in [0, 0.1) is 6.92 Å². The second-order valence-electron chi connectivity index (χ2n) is 5.78.